The van der Waals surface area contributed by atoms with Crippen LogP contribution in [0.4, 0.5) is 5.69 Å². The smallest absolute Gasteiger partial charge is 0.119 e. The molecule has 0 amide bonds. The molecule has 158 valence electrons. The van der Waals surface area contributed by atoms with E-state index in [-0.39, 0.29) is 5.75 Å². The summed E-state index contributed by atoms with van der Waals surface area (Å²) in [5, 5.41) is 13.5. The van der Waals surface area contributed by atoms with Crippen LogP contribution in [0.25, 0.3) is 11.1 Å². The minimum atomic E-state index is 0.287. The van der Waals surface area contributed by atoms with E-state index in [2.05, 4.69) is 56.4 Å². The van der Waals surface area contributed by atoms with E-state index in [1.807, 2.05) is 30.3 Å². The predicted octanol–water partition coefficient (Wildman–Crippen LogP) is 6.97. The minimum Gasteiger partial charge on any atom is -0.508 e. The molecule has 3 aromatic carbocycles. The number of anilines is 1. The Morgan fingerprint density at radius 1 is 0.900 bits per heavy atom. The minimum absolute atomic E-state index is 0.287. The number of phenolic OH excluding ortho intramolecular Hbond substituents is 1. The molecular weight excluding hydrogens is 370 g/mol. The average Bonchev–Trinajstić information content (AvgIpc) is 2.72. The number of hydrogen-bond donors (Lipinski definition) is 2. The van der Waals surface area contributed by atoms with Crippen molar-refractivity contribution in [1.82, 2.24) is 0 Å². The van der Waals surface area contributed by atoms with Crippen molar-refractivity contribution >= 4 is 5.69 Å². The Morgan fingerprint density at radius 3 is 2.47 bits per heavy atom. The van der Waals surface area contributed by atoms with Crippen LogP contribution in [0, 0.1) is 19.8 Å². The first-order valence-corrected chi connectivity index (χ1v) is 10.9. The molecule has 3 aromatic rings. The van der Waals surface area contributed by atoms with Gasteiger partial charge in [0.15, 0.2) is 0 Å². The lowest BCUT2D eigenvalue weighted by Gasteiger charge is -2.19. The van der Waals surface area contributed by atoms with Gasteiger partial charge in [0, 0.05) is 17.8 Å². The molecule has 0 bridgehead atoms. The van der Waals surface area contributed by atoms with Crippen LogP contribution in [0.1, 0.15) is 37.3 Å². The molecule has 0 aliphatic heterocycles. The number of phenols is 1. The molecule has 0 fully saturated rings. The van der Waals surface area contributed by atoms with Crippen LogP contribution >= 0.6 is 0 Å². The van der Waals surface area contributed by atoms with Crippen molar-refractivity contribution in [3.8, 4) is 22.6 Å². The molecule has 2 N–H and O–H groups in total. The summed E-state index contributed by atoms with van der Waals surface area (Å²) in [6.07, 6.45) is 3.36. The van der Waals surface area contributed by atoms with Gasteiger partial charge in [-0.25, -0.2) is 0 Å². The van der Waals surface area contributed by atoms with E-state index in [0.29, 0.717) is 5.92 Å². The lowest BCUT2D eigenvalue weighted by molar-refractivity contribution is 0.233. The lowest BCUT2D eigenvalue weighted by atomic mass is 9.99. The first kappa shape index (κ1) is 21.8. The maximum absolute atomic E-state index is 9.86. The summed E-state index contributed by atoms with van der Waals surface area (Å²) in [4.78, 5) is 0. The number of hydrogen-bond acceptors (Lipinski definition) is 3. The van der Waals surface area contributed by atoms with Gasteiger partial charge in [0.25, 0.3) is 0 Å². The van der Waals surface area contributed by atoms with E-state index in [9.17, 15) is 5.11 Å². The summed E-state index contributed by atoms with van der Waals surface area (Å²) in [7, 11) is 0. The molecule has 0 saturated heterocycles. The van der Waals surface area contributed by atoms with Gasteiger partial charge in [-0.3, -0.25) is 0 Å². The van der Waals surface area contributed by atoms with Crippen molar-refractivity contribution in [2.45, 2.75) is 40.0 Å². The molecule has 0 radical (unpaired) electrons. The third-order valence-corrected chi connectivity index (χ3v) is 5.37. The zero-order valence-corrected chi connectivity index (χ0v) is 18.3. The van der Waals surface area contributed by atoms with Crippen LogP contribution in [-0.4, -0.2) is 18.3 Å². The molecule has 3 heteroatoms. The normalized spacial score (nSPS) is 11.8. The standard InChI is InChI=1S/C27H33NO2/c1-4-7-22(19-30-25-11-5-8-20(2)16-25)14-15-28-27-17-21(3)12-13-26(27)23-9-6-10-24(29)18-23/h5-6,8-13,16-18,22,28-29H,4,7,14-15,19H2,1-3H3. The summed E-state index contributed by atoms with van der Waals surface area (Å²) in [6, 6.07) is 22.1. The highest BCUT2D eigenvalue weighted by Crippen LogP contribution is 2.31. The number of ether oxygens (including phenoxy) is 1. The molecule has 0 aromatic heterocycles. The number of benzene rings is 3. The van der Waals surface area contributed by atoms with Crippen molar-refractivity contribution in [2.75, 3.05) is 18.5 Å². The van der Waals surface area contributed by atoms with Gasteiger partial charge in [0.2, 0.25) is 0 Å². The third kappa shape index (κ3) is 6.28. The second kappa shape index (κ2) is 10.7. The first-order chi connectivity index (χ1) is 14.5. The molecule has 1 unspecified atom stereocenters. The zero-order valence-electron chi connectivity index (χ0n) is 18.3. The van der Waals surface area contributed by atoms with Crippen LogP contribution in [0.3, 0.4) is 0 Å². The summed E-state index contributed by atoms with van der Waals surface area (Å²) in [5.74, 6) is 1.75. The molecule has 0 saturated carbocycles. The average molecular weight is 404 g/mol. The number of aromatic hydroxyl groups is 1. The van der Waals surface area contributed by atoms with E-state index in [4.69, 9.17) is 4.74 Å². The summed E-state index contributed by atoms with van der Waals surface area (Å²) >= 11 is 0. The van der Waals surface area contributed by atoms with Crippen molar-refractivity contribution < 1.29 is 9.84 Å². The number of aryl methyl sites for hydroxylation is 2. The zero-order chi connectivity index (χ0) is 21.3. The highest BCUT2D eigenvalue weighted by atomic mass is 16.5. The number of nitrogens with one attached hydrogen (secondary N) is 1. The van der Waals surface area contributed by atoms with Gasteiger partial charge < -0.3 is 15.2 Å². The second-order valence-corrected chi connectivity index (χ2v) is 8.10. The molecule has 0 aliphatic rings. The Hall–Kier alpha value is -2.94. The molecular formula is C27H33NO2. The molecule has 3 nitrogen and oxygen atoms in total. The van der Waals surface area contributed by atoms with Crippen LogP contribution < -0.4 is 10.1 Å². The van der Waals surface area contributed by atoms with Crippen molar-refractivity contribution in [3.63, 3.8) is 0 Å². The van der Waals surface area contributed by atoms with Crippen LogP contribution in [0.5, 0.6) is 11.5 Å². The molecule has 0 heterocycles. The SMILES string of the molecule is CCCC(CCNc1cc(C)ccc1-c1cccc(O)c1)COc1cccc(C)c1. The van der Waals surface area contributed by atoms with Gasteiger partial charge in [0.05, 0.1) is 6.61 Å². The van der Waals surface area contributed by atoms with Gasteiger partial charge in [-0.2, -0.15) is 0 Å². The van der Waals surface area contributed by atoms with Gasteiger partial charge in [-0.15, -0.1) is 0 Å². The fourth-order valence-corrected chi connectivity index (χ4v) is 3.78. The summed E-state index contributed by atoms with van der Waals surface area (Å²) < 4.78 is 6.07. The fourth-order valence-electron chi connectivity index (χ4n) is 3.78. The Morgan fingerprint density at radius 2 is 1.70 bits per heavy atom. The Balaban J connectivity index is 1.62. The van der Waals surface area contributed by atoms with Crippen molar-refractivity contribution in [2.24, 2.45) is 5.92 Å². The monoisotopic (exact) mass is 403 g/mol. The van der Waals surface area contributed by atoms with Gasteiger partial charge in [0.1, 0.15) is 11.5 Å². The predicted molar refractivity (Wildman–Crippen MR) is 126 cm³/mol. The van der Waals surface area contributed by atoms with Crippen LogP contribution in [-0.2, 0) is 0 Å². The Kier molecular flexibility index (Phi) is 7.78. The fraction of sp³-hybridized carbons (Fsp3) is 0.333. The number of rotatable bonds is 10. The van der Waals surface area contributed by atoms with Gasteiger partial charge >= 0.3 is 0 Å². The highest BCUT2D eigenvalue weighted by molar-refractivity contribution is 5.79. The van der Waals surface area contributed by atoms with Crippen molar-refractivity contribution in [3.05, 3.63) is 77.9 Å². The first-order valence-electron chi connectivity index (χ1n) is 10.9. The van der Waals surface area contributed by atoms with E-state index in [0.717, 1.165) is 55.0 Å². The summed E-state index contributed by atoms with van der Waals surface area (Å²) in [5.41, 5.74) is 5.68. The molecule has 0 spiro atoms. The molecule has 30 heavy (non-hydrogen) atoms. The van der Waals surface area contributed by atoms with Gasteiger partial charge in [-0.05, 0) is 79.6 Å². The lowest BCUT2D eigenvalue weighted by Crippen LogP contribution is -2.16. The maximum atomic E-state index is 9.86. The van der Waals surface area contributed by atoms with E-state index in [1.54, 1.807) is 6.07 Å². The Bertz CT molecular complexity index is 951. The van der Waals surface area contributed by atoms with Crippen molar-refractivity contribution in [1.29, 1.82) is 0 Å². The van der Waals surface area contributed by atoms with Crippen LogP contribution in [0.2, 0.25) is 0 Å². The molecule has 3 rings (SSSR count). The Labute approximate surface area is 180 Å². The maximum Gasteiger partial charge on any atom is 0.119 e. The third-order valence-electron chi connectivity index (χ3n) is 5.37. The van der Waals surface area contributed by atoms with E-state index < -0.39 is 0 Å². The largest absolute Gasteiger partial charge is 0.508 e. The quantitative estimate of drug-likeness (QED) is 0.384. The molecule has 0 aliphatic carbocycles. The van der Waals surface area contributed by atoms with E-state index in [1.165, 1.54) is 11.1 Å². The summed E-state index contributed by atoms with van der Waals surface area (Å²) in [6.45, 7) is 8.05. The second-order valence-electron chi connectivity index (χ2n) is 8.10. The highest BCUT2D eigenvalue weighted by Gasteiger charge is 2.11. The topological polar surface area (TPSA) is 41.5 Å². The van der Waals surface area contributed by atoms with Gasteiger partial charge in [-0.1, -0.05) is 49.7 Å². The molecule has 1 atom stereocenters. The van der Waals surface area contributed by atoms with E-state index >= 15 is 0 Å². The van der Waals surface area contributed by atoms with Crippen LogP contribution in [0.15, 0.2) is 66.7 Å².